The summed E-state index contributed by atoms with van der Waals surface area (Å²) in [7, 11) is 0. The molecule has 0 atom stereocenters. The van der Waals surface area contributed by atoms with Crippen molar-refractivity contribution in [3.8, 4) is 0 Å². The molecule has 0 aliphatic carbocycles. The Morgan fingerprint density at radius 1 is 1.18 bits per heavy atom. The molecule has 22 heavy (non-hydrogen) atoms. The summed E-state index contributed by atoms with van der Waals surface area (Å²) in [5.74, 6) is 0. The van der Waals surface area contributed by atoms with Crippen LogP contribution in [0.4, 0.5) is 11.4 Å². The maximum absolute atomic E-state index is 10.6. The van der Waals surface area contributed by atoms with E-state index < -0.39 is 4.92 Å². The standard InChI is InChI=1S/C15H22N4O3/c1-14(2)9-13(20)10-15(3,4)19(14)17-16-11-5-7-12(8-6-11)18(21)22/h5-8,13,20H,9-10H2,1-4H3. The molecule has 0 bridgehead atoms. The maximum Gasteiger partial charge on any atom is 0.269 e. The Bertz CT molecular complexity index is 563. The van der Waals surface area contributed by atoms with Gasteiger partial charge in [-0.2, -0.15) is 0 Å². The number of aliphatic hydroxyl groups excluding tert-OH is 1. The Kier molecular flexibility index (Phi) is 4.19. The van der Waals surface area contributed by atoms with E-state index in [9.17, 15) is 15.2 Å². The molecule has 1 aliphatic heterocycles. The van der Waals surface area contributed by atoms with Gasteiger partial charge >= 0.3 is 0 Å². The van der Waals surface area contributed by atoms with E-state index in [2.05, 4.69) is 10.3 Å². The van der Waals surface area contributed by atoms with E-state index in [-0.39, 0.29) is 22.9 Å². The first-order chi connectivity index (χ1) is 10.1. The Morgan fingerprint density at radius 2 is 1.68 bits per heavy atom. The van der Waals surface area contributed by atoms with Gasteiger partial charge in [0, 0.05) is 12.1 Å². The predicted molar refractivity (Wildman–Crippen MR) is 82.9 cm³/mol. The average Bonchev–Trinajstić information content (AvgIpc) is 2.35. The van der Waals surface area contributed by atoms with Crippen LogP contribution in [0, 0.1) is 10.1 Å². The third kappa shape index (κ3) is 3.41. The van der Waals surface area contributed by atoms with E-state index in [4.69, 9.17) is 0 Å². The Labute approximate surface area is 129 Å². The largest absolute Gasteiger partial charge is 0.393 e. The summed E-state index contributed by atoms with van der Waals surface area (Å²) in [6, 6.07) is 5.95. The fourth-order valence-electron chi connectivity index (χ4n) is 3.20. The molecule has 2 rings (SSSR count). The molecule has 0 radical (unpaired) electrons. The Morgan fingerprint density at radius 3 is 2.14 bits per heavy atom. The highest BCUT2D eigenvalue weighted by Gasteiger charge is 2.45. The van der Waals surface area contributed by atoms with Gasteiger partial charge in [0.25, 0.3) is 5.69 Å². The van der Waals surface area contributed by atoms with E-state index in [0.717, 1.165) is 0 Å². The van der Waals surface area contributed by atoms with Crippen molar-refractivity contribution in [2.75, 3.05) is 0 Å². The summed E-state index contributed by atoms with van der Waals surface area (Å²) in [5.41, 5.74) is -0.0410. The third-order valence-electron chi connectivity index (χ3n) is 3.93. The summed E-state index contributed by atoms with van der Waals surface area (Å²) >= 11 is 0. The smallest absolute Gasteiger partial charge is 0.269 e. The molecule has 0 saturated carbocycles. The first-order valence-electron chi connectivity index (χ1n) is 7.26. The number of benzene rings is 1. The average molecular weight is 306 g/mol. The highest BCUT2D eigenvalue weighted by molar-refractivity contribution is 5.43. The fraction of sp³-hybridized carbons (Fsp3) is 0.600. The molecule has 0 unspecified atom stereocenters. The second kappa shape index (κ2) is 5.64. The lowest BCUT2D eigenvalue weighted by atomic mass is 9.80. The summed E-state index contributed by atoms with van der Waals surface area (Å²) in [6.07, 6.45) is 0.890. The van der Waals surface area contributed by atoms with Gasteiger partial charge in [-0.05, 0) is 52.7 Å². The van der Waals surface area contributed by atoms with Crippen LogP contribution < -0.4 is 0 Å². The minimum absolute atomic E-state index is 0.0284. The van der Waals surface area contributed by atoms with E-state index >= 15 is 0 Å². The topological polar surface area (TPSA) is 91.3 Å². The minimum atomic E-state index is -0.445. The van der Waals surface area contributed by atoms with Gasteiger partial charge in [-0.15, -0.1) is 5.11 Å². The molecule has 0 spiro atoms. The van der Waals surface area contributed by atoms with Crippen molar-refractivity contribution < 1.29 is 10.0 Å². The summed E-state index contributed by atoms with van der Waals surface area (Å²) < 4.78 is 0. The van der Waals surface area contributed by atoms with Crippen molar-refractivity contribution >= 4 is 11.4 Å². The summed E-state index contributed by atoms with van der Waals surface area (Å²) in [4.78, 5) is 10.2. The maximum atomic E-state index is 10.6. The summed E-state index contributed by atoms with van der Waals surface area (Å²) in [6.45, 7) is 8.08. The molecule has 7 nitrogen and oxygen atoms in total. The molecule has 1 N–H and O–H groups in total. The van der Waals surface area contributed by atoms with Crippen molar-refractivity contribution in [1.82, 2.24) is 5.01 Å². The first kappa shape index (κ1) is 16.4. The molecular weight excluding hydrogens is 284 g/mol. The molecule has 0 aromatic heterocycles. The van der Waals surface area contributed by atoms with Crippen LogP contribution in [0.15, 0.2) is 34.6 Å². The van der Waals surface area contributed by atoms with Crippen LogP contribution >= 0.6 is 0 Å². The molecule has 1 saturated heterocycles. The van der Waals surface area contributed by atoms with Gasteiger partial charge in [0.2, 0.25) is 0 Å². The van der Waals surface area contributed by atoms with Gasteiger partial charge < -0.3 is 5.11 Å². The van der Waals surface area contributed by atoms with E-state index in [0.29, 0.717) is 18.5 Å². The van der Waals surface area contributed by atoms with Crippen LogP contribution in [0.5, 0.6) is 0 Å². The zero-order valence-corrected chi connectivity index (χ0v) is 13.4. The number of nitro groups is 1. The van der Waals surface area contributed by atoms with Crippen LogP contribution in [0.25, 0.3) is 0 Å². The highest BCUT2D eigenvalue weighted by atomic mass is 16.6. The van der Waals surface area contributed by atoms with E-state index in [1.54, 1.807) is 12.1 Å². The van der Waals surface area contributed by atoms with Gasteiger partial charge in [-0.25, -0.2) is 0 Å². The van der Waals surface area contributed by atoms with E-state index in [1.165, 1.54) is 12.1 Å². The van der Waals surface area contributed by atoms with Gasteiger partial charge in [-0.1, -0.05) is 5.22 Å². The quantitative estimate of drug-likeness (QED) is 0.524. The van der Waals surface area contributed by atoms with Crippen molar-refractivity contribution in [2.45, 2.75) is 57.7 Å². The van der Waals surface area contributed by atoms with Crippen molar-refractivity contribution in [3.63, 3.8) is 0 Å². The fourth-order valence-corrected chi connectivity index (χ4v) is 3.20. The van der Waals surface area contributed by atoms with Crippen molar-refractivity contribution in [3.05, 3.63) is 34.4 Å². The number of non-ortho nitro benzene ring substituents is 1. The molecule has 1 heterocycles. The second-order valence-corrected chi connectivity index (χ2v) is 6.96. The number of piperidine rings is 1. The number of hydrogen-bond acceptors (Lipinski definition) is 5. The van der Waals surface area contributed by atoms with Gasteiger partial charge in [0.15, 0.2) is 0 Å². The summed E-state index contributed by atoms with van der Waals surface area (Å²) in [5, 5.41) is 31.1. The lowest BCUT2D eigenvalue weighted by molar-refractivity contribution is -0.384. The normalized spacial score (nSPS) is 21.2. The number of nitrogens with zero attached hydrogens (tertiary/aromatic N) is 4. The van der Waals surface area contributed by atoms with Gasteiger partial charge in [0.05, 0.1) is 27.8 Å². The molecule has 1 aromatic carbocycles. The number of rotatable bonds is 3. The Balaban J connectivity index is 2.21. The van der Waals surface area contributed by atoms with Gasteiger partial charge in [-0.3, -0.25) is 15.1 Å². The van der Waals surface area contributed by atoms with Crippen LogP contribution in [0.3, 0.4) is 0 Å². The zero-order valence-electron chi connectivity index (χ0n) is 13.4. The zero-order chi connectivity index (χ0) is 16.5. The molecule has 7 heteroatoms. The van der Waals surface area contributed by atoms with Gasteiger partial charge in [0.1, 0.15) is 0 Å². The molecule has 1 aromatic rings. The first-order valence-corrected chi connectivity index (χ1v) is 7.26. The van der Waals surface area contributed by atoms with Crippen LogP contribution in [-0.2, 0) is 0 Å². The van der Waals surface area contributed by atoms with Crippen LogP contribution in [-0.4, -0.2) is 32.2 Å². The number of nitro benzene ring substituents is 1. The second-order valence-electron chi connectivity index (χ2n) is 6.96. The van der Waals surface area contributed by atoms with Crippen LogP contribution in [0.1, 0.15) is 40.5 Å². The highest BCUT2D eigenvalue weighted by Crippen LogP contribution is 2.39. The molecule has 0 amide bonds. The number of hydrogen-bond donors (Lipinski definition) is 1. The van der Waals surface area contributed by atoms with Crippen LogP contribution in [0.2, 0.25) is 0 Å². The SMILES string of the molecule is CC1(C)CC(O)CC(C)(C)N1N=Nc1ccc([N+](=O)[O-])cc1. The van der Waals surface area contributed by atoms with Crippen molar-refractivity contribution in [1.29, 1.82) is 0 Å². The predicted octanol–water partition coefficient (Wildman–Crippen LogP) is 3.61. The minimum Gasteiger partial charge on any atom is -0.393 e. The molecule has 120 valence electrons. The van der Waals surface area contributed by atoms with E-state index in [1.807, 2.05) is 32.7 Å². The molecule has 1 aliphatic rings. The molecule has 1 fully saturated rings. The number of aliphatic hydroxyl groups is 1. The van der Waals surface area contributed by atoms with Crippen molar-refractivity contribution in [2.24, 2.45) is 10.3 Å². The Hall–Kier alpha value is -2.02. The molecular formula is C15H22N4O3. The lowest BCUT2D eigenvalue weighted by Crippen LogP contribution is -2.59. The lowest BCUT2D eigenvalue weighted by Gasteiger charge is -2.51. The monoisotopic (exact) mass is 306 g/mol. The third-order valence-corrected chi connectivity index (χ3v) is 3.93.